The third-order valence-corrected chi connectivity index (χ3v) is 1.79. The predicted octanol–water partition coefficient (Wildman–Crippen LogP) is 1.54. The number of benzene rings is 1. The van der Waals surface area contributed by atoms with E-state index in [0.29, 0.717) is 23.2 Å². The maximum absolute atomic E-state index is 5.60. The second-order valence-corrected chi connectivity index (χ2v) is 3.08. The Balaban J connectivity index is 1.99. The minimum atomic E-state index is 0.254. The maximum Gasteiger partial charge on any atom is 0.253 e. The summed E-state index contributed by atoms with van der Waals surface area (Å²) >= 11 is 0. The van der Waals surface area contributed by atoms with Crippen LogP contribution < -0.4 is 10.5 Å². The molecule has 0 unspecified atom stereocenters. The number of hydrogen-bond donors (Lipinski definition) is 1. The van der Waals surface area contributed by atoms with Crippen LogP contribution in [0.25, 0.3) is 0 Å². The van der Waals surface area contributed by atoms with E-state index >= 15 is 0 Å². The second-order valence-electron chi connectivity index (χ2n) is 3.08. The van der Waals surface area contributed by atoms with E-state index in [1.165, 1.54) is 0 Å². The van der Waals surface area contributed by atoms with E-state index in [-0.39, 0.29) is 6.61 Å². The van der Waals surface area contributed by atoms with Gasteiger partial charge in [-0.05, 0) is 12.1 Å². The molecule has 0 atom stereocenters. The number of aryl methyl sites for hydroxylation is 1. The summed E-state index contributed by atoms with van der Waals surface area (Å²) in [5, 5.41) is 7.51. The summed E-state index contributed by atoms with van der Waals surface area (Å²) in [4.78, 5) is 0. The minimum absolute atomic E-state index is 0.254. The minimum Gasteiger partial charge on any atom is -0.484 e. The van der Waals surface area contributed by atoms with Crippen LogP contribution in [0, 0.1) is 6.92 Å². The van der Waals surface area contributed by atoms with E-state index in [1.807, 2.05) is 12.1 Å². The van der Waals surface area contributed by atoms with Gasteiger partial charge in [-0.3, -0.25) is 0 Å². The van der Waals surface area contributed by atoms with Crippen molar-refractivity contribution in [3.05, 3.63) is 36.0 Å². The van der Waals surface area contributed by atoms with E-state index in [4.69, 9.17) is 14.9 Å². The summed E-state index contributed by atoms with van der Waals surface area (Å²) < 4.78 is 10.6. The predicted molar refractivity (Wildman–Crippen MR) is 54.2 cm³/mol. The lowest BCUT2D eigenvalue weighted by Gasteiger charge is -2.03. The summed E-state index contributed by atoms with van der Waals surface area (Å²) in [6, 6.07) is 7.18. The first-order chi connectivity index (χ1) is 7.24. The normalized spacial score (nSPS) is 10.2. The van der Waals surface area contributed by atoms with Crippen LogP contribution in [0.4, 0.5) is 5.69 Å². The molecule has 0 amide bonds. The molecule has 0 aliphatic heterocycles. The van der Waals surface area contributed by atoms with Crippen molar-refractivity contribution in [2.75, 3.05) is 5.73 Å². The maximum atomic E-state index is 5.60. The van der Waals surface area contributed by atoms with Crippen LogP contribution in [0.1, 0.15) is 11.8 Å². The van der Waals surface area contributed by atoms with Crippen LogP contribution in [-0.4, -0.2) is 10.2 Å². The molecule has 0 aliphatic carbocycles. The first-order valence-corrected chi connectivity index (χ1v) is 4.51. The van der Waals surface area contributed by atoms with Crippen LogP contribution in [-0.2, 0) is 6.61 Å². The van der Waals surface area contributed by atoms with Gasteiger partial charge in [0, 0.05) is 18.7 Å². The van der Waals surface area contributed by atoms with Gasteiger partial charge in [0.1, 0.15) is 5.75 Å². The number of ether oxygens (including phenoxy) is 1. The number of rotatable bonds is 3. The van der Waals surface area contributed by atoms with E-state index in [9.17, 15) is 0 Å². The molecular weight excluding hydrogens is 194 g/mol. The standard InChI is InChI=1S/C10H11N3O2/c1-7-12-13-10(15-7)6-14-9-4-2-3-8(11)5-9/h2-5H,6,11H2,1H3. The van der Waals surface area contributed by atoms with Crippen LogP contribution in [0.3, 0.4) is 0 Å². The van der Waals surface area contributed by atoms with E-state index < -0.39 is 0 Å². The molecular formula is C10H11N3O2. The first-order valence-electron chi connectivity index (χ1n) is 4.51. The first kappa shape index (κ1) is 9.51. The molecule has 0 spiro atoms. The lowest BCUT2D eigenvalue weighted by atomic mass is 10.3. The van der Waals surface area contributed by atoms with E-state index in [1.54, 1.807) is 19.1 Å². The van der Waals surface area contributed by atoms with Crippen molar-refractivity contribution in [1.29, 1.82) is 0 Å². The lowest BCUT2D eigenvalue weighted by molar-refractivity contribution is 0.260. The van der Waals surface area contributed by atoms with Gasteiger partial charge in [0.2, 0.25) is 5.89 Å². The van der Waals surface area contributed by atoms with Crippen molar-refractivity contribution in [2.24, 2.45) is 0 Å². The Morgan fingerprint density at radius 2 is 2.27 bits per heavy atom. The van der Waals surface area contributed by atoms with Gasteiger partial charge in [-0.2, -0.15) is 0 Å². The molecule has 2 rings (SSSR count). The van der Waals surface area contributed by atoms with Gasteiger partial charge < -0.3 is 14.9 Å². The third kappa shape index (κ3) is 2.46. The Kier molecular flexibility index (Phi) is 2.53. The zero-order chi connectivity index (χ0) is 10.7. The molecule has 2 aromatic rings. The molecule has 1 aromatic carbocycles. The highest BCUT2D eigenvalue weighted by molar-refractivity contribution is 5.43. The van der Waals surface area contributed by atoms with E-state index in [2.05, 4.69) is 10.2 Å². The third-order valence-electron chi connectivity index (χ3n) is 1.79. The molecule has 15 heavy (non-hydrogen) atoms. The summed E-state index contributed by atoms with van der Waals surface area (Å²) in [5.74, 6) is 1.67. The fraction of sp³-hybridized carbons (Fsp3) is 0.200. The van der Waals surface area contributed by atoms with Crippen molar-refractivity contribution in [3.8, 4) is 5.75 Å². The lowest BCUT2D eigenvalue weighted by Crippen LogP contribution is -1.96. The van der Waals surface area contributed by atoms with Crippen molar-refractivity contribution < 1.29 is 9.15 Å². The molecule has 5 nitrogen and oxygen atoms in total. The van der Waals surface area contributed by atoms with Crippen LogP contribution >= 0.6 is 0 Å². The van der Waals surface area contributed by atoms with Gasteiger partial charge in [-0.15, -0.1) is 10.2 Å². The highest BCUT2D eigenvalue weighted by atomic mass is 16.5. The average Bonchev–Trinajstić information content (AvgIpc) is 2.62. The van der Waals surface area contributed by atoms with Crippen LogP contribution in [0.2, 0.25) is 0 Å². The summed E-state index contributed by atoms with van der Waals surface area (Å²) in [7, 11) is 0. The van der Waals surface area contributed by atoms with Crippen molar-refractivity contribution in [3.63, 3.8) is 0 Å². The number of aromatic nitrogens is 2. The average molecular weight is 205 g/mol. The fourth-order valence-electron chi connectivity index (χ4n) is 1.15. The molecule has 1 aromatic heterocycles. The number of nitrogens with two attached hydrogens (primary N) is 1. The molecule has 1 heterocycles. The quantitative estimate of drug-likeness (QED) is 0.769. The van der Waals surface area contributed by atoms with Gasteiger partial charge in [0.15, 0.2) is 6.61 Å². The van der Waals surface area contributed by atoms with Crippen LogP contribution in [0.5, 0.6) is 5.75 Å². The van der Waals surface area contributed by atoms with Crippen LogP contribution in [0.15, 0.2) is 28.7 Å². The molecule has 5 heteroatoms. The fourth-order valence-corrected chi connectivity index (χ4v) is 1.15. The largest absolute Gasteiger partial charge is 0.484 e. The topological polar surface area (TPSA) is 74.2 Å². The number of nitrogen functional groups attached to an aromatic ring is 1. The monoisotopic (exact) mass is 205 g/mol. The summed E-state index contributed by atoms with van der Waals surface area (Å²) in [6.45, 7) is 1.99. The summed E-state index contributed by atoms with van der Waals surface area (Å²) in [6.07, 6.45) is 0. The highest BCUT2D eigenvalue weighted by Gasteiger charge is 2.02. The Morgan fingerprint density at radius 1 is 1.40 bits per heavy atom. The number of anilines is 1. The number of hydrogen-bond acceptors (Lipinski definition) is 5. The van der Waals surface area contributed by atoms with Gasteiger partial charge in [-0.1, -0.05) is 6.07 Å². The Hall–Kier alpha value is -2.04. The molecule has 2 N–H and O–H groups in total. The van der Waals surface area contributed by atoms with E-state index in [0.717, 1.165) is 0 Å². The highest BCUT2D eigenvalue weighted by Crippen LogP contribution is 2.15. The van der Waals surface area contributed by atoms with Gasteiger partial charge in [0.25, 0.3) is 5.89 Å². The molecule has 0 radical (unpaired) electrons. The zero-order valence-electron chi connectivity index (χ0n) is 8.30. The Morgan fingerprint density at radius 3 is 2.93 bits per heavy atom. The van der Waals surface area contributed by atoms with Gasteiger partial charge in [0.05, 0.1) is 0 Å². The molecule has 0 saturated heterocycles. The molecule has 0 aliphatic rings. The Bertz CT molecular complexity index is 453. The van der Waals surface area contributed by atoms with Crippen molar-refractivity contribution in [1.82, 2.24) is 10.2 Å². The van der Waals surface area contributed by atoms with Crippen molar-refractivity contribution in [2.45, 2.75) is 13.5 Å². The molecule has 78 valence electrons. The molecule has 0 fully saturated rings. The molecule has 0 bridgehead atoms. The Labute approximate surface area is 86.9 Å². The second kappa shape index (κ2) is 4.00. The van der Waals surface area contributed by atoms with Gasteiger partial charge >= 0.3 is 0 Å². The SMILES string of the molecule is Cc1nnc(COc2cccc(N)c2)o1. The van der Waals surface area contributed by atoms with Gasteiger partial charge in [-0.25, -0.2) is 0 Å². The van der Waals surface area contributed by atoms with Crippen molar-refractivity contribution >= 4 is 5.69 Å². The molecule has 0 saturated carbocycles. The smallest absolute Gasteiger partial charge is 0.253 e. The summed E-state index contributed by atoms with van der Waals surface area (Å²) in [5.41, 5.74) is 6.26. The number of nitrogens with zero attached hydrogens (tertiary/aromatic N) is 2. The zero-order valence-corrected chi connectivity index (χ0v) is 8.30.